The number of carbonyl (C=O) groups excluding carboxylic acids is 1. The van der Waals surface area contributed by atoms with Gasteiger partial charge in [0.15, 0.2) is 6.29 Å². The highest BCUT2D eigenvalue weighted by Crippen LogP contribution is 2.26. The molecule has 0 saturated heterocycles. The van der Waals surface area contributed by atoms with Crippen LogP contribution in [0.5, 0.6) is 5.88 Å². The van der Waals surface area contributed by atoms with Gasteiger partial charge in [0.2, 0.25) is 0 Å². The Morgan fingerprint density at radius 3 is 3.00 bits per heavy atom. The van der Waals surface area contributed by atoms with Gasteiger partial charge < -0.3 is 4.74 Å². The second-order valence-electron chi connectivity index (χ2n) is 2.21. The van der Waals surface area contributed by atoms with Crippen LogP contribution in [0.25, 0.3) is 0 Å². The van der Waals surface area contributed by atoms with Crippen LogP contribution < -0.4 is 4.74 Å². The van der Waals surface area contributed by atoms with Crippen LogP contribution in [0.2, 0.25) is 0 Å². The average Bonchev–Trinajstić information content (AvgIpc) is 2.15. The molecular formula is C7H5BrN2O4. The Labute approximate surface area is 87.2 Å². The van der Waals surface area contributed by atoms with Crippen molar-refractivity contribution < 1.29 is 14.5 Å². The summed E-state index contributed by atoms with van der Waals surface area (Å²) in [6, 6.07) is 1.26. The summed E-state index contributed by atoms with van der Waals surface area (Å²) in [6.45, 7) is -0.254. The monoisotopic (exact) mass is 260 g/mol. The normalized spacial score (nSPS) is 9.50. The van der Waals surface area contributed by atoms with Crippen molar-refractivity contribution in [2.24, 2.45) is 0 Å². The maximum atomic E-state index is 10.5. The average molecular weight is 261 g/mol. The predicted octanol–water partition coefficient (Wildman–Crippen LogP) is 1.33. The Bertz CT molecular complexity index is 369. The van der Waals surface area contributed by atoms with Crippen LogP contribution in [-0.4, -0.2) is 22.8 Å². The van der Waals surface area contributed by atoms with Crippen LogP contribution in [0.3, 0.4) is 0 Å². The molecule has 0 radical (unpaired) electrons. The molecule has 1 heterocycles. The van der Waals surface area contributed by atoms with Gasteiger partial charge >= 0.3 is 5.69 Å². The summed E-state index contributed by atoms with van der Waals surface area (Å²) in [7, 11) is 0. The van der Waals surface area contributed by atoms with Crippen molar-refractivity contribution in [3.63, 3.8) is 0 Å². The Kier molecular flexibility index (Phi) is 3.52. The molecule has 0 N–H and O–H groups in total. The van der Waals surface area contributed by atoms with E-state index in [2.05, 4.69) is 20.9 Å². The minimum atomic E-state index is -0.627. The molecule has 1 aromatic heterocycles. The third-order valence-corrected chi connectivity index (χ3v) is 1.72. The molecule has 0 aliphatic rings. The van der Waals surface area contributed by atoms with Crippen molar-refractivity contribution >= 4 is 27.9 Å². The topological polar surface area (TPSA) is 82.3 Å². The lowest BCUT2D eigenvalue weighted by Gasteiger charge is -2.01. The van der Waals surface area contributed by atoms with Gasteiger partial charge in [0.25, 0.3) is 5.88 Å². The van der Waals surface area contributed by atoms with Gasteiger partial charge in [-0.25, -0.2) is 4.98 Å². The smallest absolute Gasteiger partial charge is 0.332 e. The van der Waals surface area contributed by atoms with Crippen LogP contribution >= 0.6 is 15.9 Å². The number of nitrogens with zero attached hydrogens (tertiary/aromatic N) is 2. The summed E-state index contributed by atoms with van der Waals surface area (Å²) in [4.78, 5) is 23.5. The number of aromatic nitrogens is 1. The zero-order valence-electron chi connectivity index (χ0n) is 6.84. The molecule has 0 aromatic carbocycles. The summed E-state index contributed by atoms with van der Waals surface area (Å²) in [5.41, 5.74) is -0.277. The van der Waals surface area contributed by atoms with Gasteiger partial charge in [-0.05, 0) is 15.9 Å². The van der Waals surface area contributed by atoms with Gasteiger partial charge in [-0.3, -0.25) is 14.9 Å². The second-order valence-corrected chi connectivity index (χ2v) is 3.13. The number of hydrogen-bond acceptors (Lipinski definition) is 5. The fourth-order valence-corrected chi connectivity index (χ4v) is 1.09. The van der Waals surface area contributed by atoms with E-state index in [1.54, 1.807) is 0 Å². The minimum absolute atomic E-state index is 0.162. The predicted molar refractivity (Wildman–Crippen MR) is 50.2 cm³/mol. The van der Waals surface area contributed by atoms with E-state index in [1.807, 2.05) is 0 Å². The first-order valence-electron chi connectivity index (χ1n) is 3.51. The molecule has 0 atom stereocenters. The molecule has 0 spiro atoms. The highest BCUT2D eigenvalue weighted by Gasteiger charge is 2.16. The van der Waals surface area contributed by atoms with E-state index in [-0.39, 0.29) is 18.2 Å². The fourth-order valence-electron chi connectivity index (χ4n) is 0.771. The molecule has 0 unspecified atom stereocenters. The SMILES string of the molecule is O=CCOc1ncc(Br)cc1[N+](=O)[O-]. The van der Waals surface area contributed by atoms with E-state index in [4.69, 9.17) is 4.74 Å². The largest absolute Gasteiger partial charge is 0.465 e. The van der Waals surface area contributed by atoms with E-state index in [1.165, 1.54) is 12.3 Å². The van der Waals surface area contributed by atoms with Crippen LogP contribution in [-0.2, 0) is 4.79 Å². The lowest BCUT2D eigenvalue weighted by atomic mass is 10.4. The van der Waals surface area contributed by atoms with Gasteiger partial charge in [-0.1, -0.05) is 0 Å². The number of halogens is 1. The molecule has 0 fully saturated rings. The summed E-state index contributed by atoms with van der Waals surface area (Å²) in [5.74, 6) is -0.162. The summed E-state index contributed by atoms with van der Waals surface area (Å²) in [5, 5.41) is 10.5. The fraction of sp³-hybridized carbons (Fsp3) is 0.143. The highest BCUT2D eigenvalue weighted by atomic mass is 79.9. The van der Waals surface area contributed by atoms with Gasteiger partial charge in [-0.2, -0.15) is 0 Å². The number of hydrogen-bond donors (Lipinski definition) is 0. The van der Waals surface area contributed by atoms with E-state index >= 15 is 0 Å². The van der Waals surface area contributed by atoms with Crippen LogP contribution in [0.15, 0.2) is 16.7 Å². The first kappa shape index (κ1) is 10.6. The van der Waals surface area contributed by atoms with Gasteiger partial charge in [0.1, 0.15) is 6.61 Å². The first-order chi connectivity index (χ1) is 6.65. The number of pyridine rings is 1. The molecule has 7 heteroatoms. The number of ether oxygens (including phenoxy) is 1. The third-order valence-electron chi connectivity index (χ3n) is 1.28. The molecule has 74 valence electrons. The zero-order valence-corrected chi connectivity index (χ0v) is 8.43. The number of carbonyl (C=O) groups is 1. The molecule has 0 aliphatic heterocycles. The molecule has 6 nitrogen and oxygen atoms in total. The van der Waals surface area contributed by atoms with Crippen LogP contribution in [0, 0.1) is 10.1 Å². The van der Waals surface area contributed by atoms with Crippen molar-refractivity contribution in [3.05, 3.63) is 26.9 Å². The van der Waals surface area contributed by atoms with E-state index in [9.17, 15) is 14.9 Å². The van der Waals surface area contributed by atoms with E-state index in [0.29, 0.717) is 10.8 Å². The molecule has 1 rings (SSSR count). The van der Waals surface area contributed by atoms with Crippen molar-refractivity contribution in [2.75, 3.05) is 6.61 Å². The molecule has 14 heavy (non-hydrogen) atoms. The van der Waals surface area contributed by atoms with E-state index < -0.39 is 4.92 Å². The van der Waals surface area contributed by atoms with Crippen molar-refractivity contribution in [2.45, 2.75) is 0 Å². The number of rotatable bonds is 4. The standard InChI is InChI=1S/C7H5BrN2O4/c8-5-3-6(10(12)13)7(9-4-5)14-2-1-11/h1,3-4H,2H2. The Morgan fingerprint density at radius 2 is 2.43 bits per heavy atom. The molecular weight excluding hydrogens is 256 g/mol. The van der Waals surface area contributed by atoms with Crippen LogP contribution in [0.4, 0.5) is 5.69 Å². The number of nitro groups is 1. The molecule has 0 bridgehead atoms. The van der Waals surface area contributed by atoms with Gasteiger partial charge in [0, 0.05) is 16.7 Å². The molecule has 1 aromatic rings. The van der Waals surface area contributed by atoms with E-state index in [0.717, 1.165) is 0 Å². The van der Waals surface area contributed by atoms with Gasteiger partial charge in [0.05, 0.1) is 4.92 Å². The van der Waals surface area contributed by atoms with Crippen molar-refractivity contribution in [1.82, 2.24) is 4.98 Å². The molecule has 0 amide bonds. The van der Waals surface area contributed by atoms with Crippen LogP contribution in [0.1, 0.15) is 0 Å². The lowest BCUT2D eigenvalue weighted by Crippen LogP contribution is -2.02. The number of aldehydes is 1. The zero-order chi connectivity index (χ0) is 10.6. The highest BCUT2D eigenvalue weighted by molar-refractivity contribution is 9.10. The Balaban J connectivity index is 3.01. The maximum absolute atomic E-state index is 10.5. The summed E-state index contributed by atoms with van der Waals surface area (Å²) < 4.78 is 5.24. The second kappa shape index (κ2) is 4.66. The summed E-state index contributed by atoms with van der Waals surface area (Å²) in [6.07, 6.45) is 1.85. The van der Waals surface area contributed by atoms with Crippen molar-refractivity contribution in [1.29, 1.82) is 0 Å². The minimum Gasteiger partial charge on any atom is -0.465 e. The first-order valence-corrected chi connectivity index (χ1v) is 4.31. The summed E-state index contributed by atoms with van der Waals surface area (Å²) >= 11 is 3.04. The molecule has 0 saturated carbocycles. The quantitative estimate of drug-likeness (QED) is 0.464. The Hall–Kier alpha value is -1.50. The van der Waals surface area contributed by atoms with Gasteiger partial charge in [-0.15, -0.1) is 0 Å². The Morgan fingerprint density at radius 1 is 1.71 bits per heavy atom. The third kappa shape index (κ3) is 2.49. The lowest BCUT2D eigenvalue weighted by molar-refractivity contribution is -0.386. The maximum Gasteiger partial charge on any atom is 0.332 e. The molecule has 0 aliphatic carbocycles. The van der Waals surface area contributed by atoms with Crippen molar-refractivity contribution in [3.8, 4) is 5.88 Å².